The van der Waals surface area contributed by atoms with Crippen molar-refractivity contribution in [3.05, 3.63) is 35.4 Å². The van der Waals surface area contributed by atoms with E-state index in [1.165, 1.54) is 4.90 Å². The lowest BCUT2D eigenvalue weighted by Crippen LogP contribution is -2.47. The van der Waals surface area contributed by atoms with Crippen LogP contribution in [0.5, 0.6) is 0 Å². The average Bonchev–Trinajstić information content (AvgIpc) is 2.72. The zero-order valence-corrected chi connectivity index (χ0v) is 12.1. The first-order valence-corrected chi connectivity index (χ1v) is 6.80. The van der Waals surface area contributed by atoms with Crippen molar-refractivity contribution >= 4 is 12.1 Å². The van der Waals surface area contributed by atoms with E-state index in [0.29, 0.717) is 19.4 Å². The Labute approximate surface area is 122 Å². The number of nitrogens with zero attached hydrogens (tertiary/aromatic N) is 1. The molecule has 1 atom stereocenters. The van der Waals surface area contributed by atoms with Gasteiger partial charge in [-0.3, -0.25) is 4.90 Å². The number of aryl methyl sites for hydroxylation is 1. The largest absolute Gasteiger partial charge is 0.478 e. The molecule has 1 aliphatic rings. The third-order valence-corrected chi connectivity index (χ3v) is 3.75. The van der Waals surface area contributed by atoms with E-state index in [1.807, 2.05) is 0 Å². The van der Waals surface area contributed by atoms with E-state index in [0.717, 1.165) is 5.56 Å². The van der Waals surface area contributed by atoms with Crippen molar-refractivity contribution in [1.29, 1.82) is 0 Å². The Morgan fingerprint density at radius 2 is 1.90 bits per heavy atom. The Bertz CT molecular complexity index is 537. The fraction of sp³-hybridized carbons (Fsp3) is 0.467. The van der Waals surface area contributed by atoms with Gasteiger partial charge in [0, 0.05) is 0 Å². The standard InChI is InChI=1S/C15H19NO5/c1-15(2)16(14(19)20)12(9-21-15)8-5-10-3-6-11(7-4-10)13(17)18/h3-4,6-7,12H,5,8-9H2,1-2H3,(H,17,18)(H,19,20)/t12-/m0/s1. The van der Waals surface area contributed by atoms with E-state index < -0.39 is 17.8 Å². The number of carbonyl (C=O) groups is 2. The van der Waals surface area contributed by atoms with Crippen LogP contribution in [0.15, 0.2) is 24.3 Å². The summed E-state index contributed by atoms with van der Waals surface area (Å²) in [4.78, 5) is 23.5. The first-order valence-electron chi connectivity index (χ1n) is 6.80. The van der Waals surface area contributed by atoms with Gasteiger partial charge in [0.2, 0.25) is 0 Å². The SMILES string of the molecule is CC1(C)OC[C@H](CCc2ccc(C(=O)O)cc2)N1C(=O)O. The Morgan fingerprint density at radius 1 is 1.29 bits per heavy atom. The Morgan fingerprint density at radius 3 is 2.43 bits per heavy atom. The van der Waals surface area contributed by atoms with Crippen LogP contribution in [-0.2, 0) is 11.2 Å². The first-order chi connectivity index (χ1) is 9.81. The maximum atomic E-state index is 11.3. The minimum atomic E-state index is -0.983. The highest BCUT2D eigenvalue weighted by Crippen LogP contribution is 2.29. The number of carboxylic acid groups (broad SMARTS) is 2. The second kappa shape index (κ2) is 5.73. The molecule has 1 heterocycles. The van der Waals surface area contributed by atoms with Gasteiger partial charge in [-0.2, -0.15) is 0 Å². The molecule has 1 saturated heterocycles. The van der Waals surface area contributed by atoms with Gasteiger partial charge in [-0.15, -0.1) is 0 Å². The van der Waals surface area contributed by atoms with E-state index in [2.05, 4.69) is 0 Å². The van der Waals surface area contributed by atoms with Crippen LogP contribution in [0.3, 0.4) is 0 Å². The highest BCUT2D eigenvalue weighted by atomic mass is 16.5. The van der Waals surface area contributed by atoms with Crippen LogP contribution in [-0.4, -0.2) is 45.5 Å². The van der Waals surface area contributed by atoms with Crippen molar-refractivity contribution in [2.24, 2.45) is 0 Å². The van der Waals surface area contributed by atoms with E-state index in [-0.39, 0.29) is 11.6 Å². The summed E-state index contributed by atoms with van der Waals surface area (Å²) in [5, 5.41) is 18.1. The van der Waals surface area contributed by atoms with Crippen LogP contribution in [0.4, 0.5) is 4.79 Å². The predicted octanol–water partition coefficient (Wildman–Crippen LogP) is 2.43. The Balaban J connectivity index is 1.99. The van der Waals surface area contributed by atoms with E-state index in [1.54, 1.807) is 38.1 Å². The molecule has 1 amide bonds. The van der Waals surface area contributed by atoms with Gasteiger partial charge >= 0.3 is 12.1 Å². The minimum absolute atomic E-state index is 0.184. The Kier molecular flexibility index (Phi) is 4.18. The summed E-state index contributed by atoms with van der Waals surface area (Å²) in [6.45, 7) is 3.86. The van der Waals surface area contributed by atoms with E-state index >= 15 is 0 Å². The topological polar surface area (TPSA) is 87.1 Å². The predicted molar refractivity (Wildman–Crippen MR) is 75.4 cm³/mol. The summed E-state index contributed by atoms with van der Waals surface area (Å²) < 4.78 is 5.53. The maximum Gasteiger partial charge on any atom is 0.409 e. The van der Waals surface area contributed by atoms with Crippen LogP contribution < -0.4 is 0 Å². The monoisotopic (exact) mass is 293 g/mol. The minimum Gasteiger partial charge on any atom is -0.478 e. The zero-order valence-electron chi connectivity index (χ0n) is 12.1. The molecule has 1 aromatic carbocycles. The molecule has 0 bridgehead atoms. The van der Waals surface area contributed by atoms with Crippen molar-refractivity contribution in [2.75, 3.05) is 6.61 Å². The lowest BCUT2D eigenvalue weighted by Gasteiger charge is -2.30. The van der Waals surface area contributed by atoms with Crippen molar-refractivity contribution in [1.82, 2.24) is 4.90 Å². The number of amides is 1. The molecule has 1 fully saturated rings. The third-order valence-electron chi connectivity index (χ3n) is 3.75. The smallest absolute Gasteiger partial charge is 0.409 e. The summed E-state index contributed by atoms with van der Waals surface area (Å²) in [5.74, 6) is -0.954. The van der Waals surface area contributed by atoms with Crippen molar-refractivity contribution < 1.29 is 24.5 Å². The highest BCUT2D eigenvalue weighted by Gasteiger charge is 2.43. The van der Waals surface area contributed by atoms with Crippen molar-refractivity contribution in [3.8, 4) is 0 Å². The molecular formula is C15H19NO5. The molecule has 6 nitrogen and oxygen atoms in total. The van der Waals surface area contributed by atoms with E-state index in [9.17, 15) is 14.7 Å². The van der Waals surface area contributed by atoms with Crippen LogP contribution in [0.1, 0.15) is 36.2 Å². The van der Waals surface area contributed by atoms with Crippen molar-refractivity contribution in [2.45, 2.75) is 38.5 Å². The zero-order chi connectivity index (χ0) is 15.6. The van der Waals surface area contributed by atoms with Gasteiger partial charge < -0.3 is 14.9 Å². The van der Waals surface area contributed by atoms with Gasteiger partial charge in [-0.1, -0.05) is 12.1 Å². The van der Waals surface area contributed by atoms with Crippen molar-refractivity contribution in [3.63, 3.8) is 0 Å². The normalized spacial score (nSPS) is 20.5. The molecule has 0 spiro atoms. The summed E-state index contributed by atoms with van der Waals surface area (Å²) in [6.07, 6.45) is 0.333. The number of rotatable bonds is 4. The number of carboxylic acids is 1. The summed E-state index contributed by atoms with van der Waals surface area (Å²) >= 11 is 0. The van der Waals surface area contributed by atoms with Gasteiger partial charge in [-0.25, -0.2) is 9.59 Å². The summed E-state index contributed by atoms with van der Waals surface area (Å²) in [6, 6.07) is 6.45. The highest BCUT2D eigenvalue weighted by molar-refractivity contribution is 5.87. The molecule has 1 aliphatic heterocycles. The fourth-order valence-corrected chi connectivity index (χ4v) is 2.63. The quantitative estimate of drug-likeness (QED) is 0.890. The molecular weight excluding hydrogens is 274 g/mol. The van der Waals surface area contributed by atoms with Gasteiger partial charge in [0.05, 0.1) is 18.2 Å². The molecule has 0 radical (unpaired) electrons. The maximum absolute atomic E-state index is 11.3. The third kappa shape index (κ3) is 3.33. The average molecular weight is 293 g/mol. The van der Waals surface area contributed by atoms with Gasteiger partial charge in [0.25, 0.3) is 0 Å². The number of ether oxygens (including phenoxy) is 1. The molecule has 0 saturated carbocycles. The molecule has 0 aromatic heterocycles. The summed E-state index contributed by atoms with van der Waals surface area (Å²) in [5.41, 5.74) is 0.426. The Hall–Kier alpha value is -2.08. The van der Waals surface area contributed by atoms with Gasteiger partial charge in [-0.05, 0) is 44.4 Å². The van der Waals surface area contributed by atoms with Crippen LogP contribution in [0, 0.1) is 0 Å². The number of hydrogen-bond donors (Lipinski definition) is 2. The lowest BCUT2D eigenvalue weighted by molar-refractivity contribution is -0.0421. The second-order valence-electron chi connectivity index (χ2n) is 5.60. The van der Waals surface area contributed by atoms with E-state index in [4.69, 9.17) is 9.84 Å². The molecule has 114 valence electrons. The fourth-order valence-electron chi connectivity index (χ4n) is 2.63. The lowest BCUT2D eigenvalue weighted by atomic mass is 10.0. The molecule has 6 heteroatoms. The molecule has 2 rings (SSSR count). The molecule has 2 N–H and O–H groups in total. The number of benzene rings is 1. The summed E-state index contributed by atoms with van der Waals surface area (Å²) in [7, 11) is 0. The van der Waals surface area contributed by atoms with Gasteiger partial charge in [0.1, 0.15) is 5.72 Å². The second-order valence-corrected chi connectivity index (χ2v) is 5.60. The van der Waals surface area contributed by atoms with Gasteiger partial charge in [0.15, 0.2) is 0 Å². The van der Waals surface area contributed by atoms with Crippen LogP contribution in [0.25, 0.3) is 0 Å². The molecule has 1 aromatic rings. The van der Waals surface area contributed by atoms with Crippen LogP contribution in [0.2, 0.25) is 0 Å². The number of hydrogen-bond acceptors (Lipinski definition) is 3. The molecule has 0 unspecified atom stereocenters. The van der Waals surface area contributed by atoms with Crippen LogP contribution >= 0.6 is 0 Å². The number of aromatic carboxylic acids is 1. The first kappa shape index (κ1) is 15.3. The molecule has 0 aliphatic carbocycles. The molecule has 21 heavy (non-hydrogen) atoms.